The highest BCUT2D eigenvalue weighted by atomic mass is 16.2. The Balaban J connectivity index is 1.75. The molecule has 24 heavy (non-hydrogen) atoms. The number of amides is 2. The van der Waals surface area contributed by atoms with Gasteiger partial charge >= 0.3 is 0 Å². The minimum Gasteiger partial charge on any atom is -0.342 e. The minimum atomic E-state index is -0.700. The van der Waals surface area contributed by atoms with E-state index in [2.05, 4.69) is 22.4 Å². The van der Waals surface area contributed by atoms with E-state index >= 15 is 0 Å². The van der Waals surface area contributed by atoms with Gasteiger partial charge in [-0.05, 0) is 50.5 Å². The van der Waals surface area contributed by atoms with E-state index in [0.29, 0.717) is 18.4 Å². The quantitative estimate of drug-likeness (QED) is 0.891. The van der Waals surface area contributed by atoms with Crippen LogP contribution < -0.4 is 5.32 Å². The first-order valence-corrected chi connectivity index (χ1v) is 9.07. The van der Waals surface area contributed by atoms with E-state index in [-0.39, 0.29) is 11.8 Å². The summed E-state index contributed by atoms with van der Waals surface area (Å²) in [5.74, 6) is 0.926. The van der Waals surface area contributed by atoms with Gasteiger partial charge in [-0.1, -0.05) is 6.92 Å². The lowest BCUT2D eigenvalue weighted by Crippen LogP contribution is -2.61. The van der Waals surface area contributed by atoms with Gasteiger partial charge in [0.05, 0.1) is 0 Å². The van der Waals surface area contributed by atoms with Crippen molar-refractivity contribution in [2.24, 2.45) is 5.92 Å². The zero-order chi connectivity index (χ0) is 17.2. The number of hydrogen-bond acceptors (Lipinski definition) is 3. The third-order valence-corrected chi connectivity index (χ3v) is 5.62. The molecule has 6 heteroatoms. The average molecular weight is 332 g/mol. The molecule has 1 saturated heterocycles. The number of nitrogens with one attached hydrogen (secondary N) is 2. The summed E-state index contributed by atoms with van der Waals surface area (Å²) in [6.07, 6.45) is 7.29. The topological polar surface area (TPSA) is 78.1 Å². The Bertz CT molecular complexity index is 576. The van der Waals surface area contributed by atoms with Crippen molar-refractivity contribution in [3.05, 3.63) is 18.0 Å². The molecule has 1 saturated carbocycles. The van der Waals surface area contributed by atoms with E-state index < -0.39 is 5.54 Å². The number of aromatic nitrogens is 2. The Morgan fingerprint density at radius 1 is 1.33 bits per heavy atom. The lowest BCUT2D eigenvalue weighted by Gasteiger charge is -2.43. The Labute approximate surface area is 143 Å². The average Bonchev–Trinajstić information content (AvgIpc) is 3.11. The van der Waals surface area contributed by atoms with Crippen LogP contribution in [0.1, 0.15) is 64.0 Å². The summed E-state index contributed by atoms with van der Waals surface area (Å²) in [6.45, 7) is 5.21. The highest BCUT2D eigenvalue weighted by Crippen LogP contribution is 2.35. The number of H-pyrrole nitrogens is 1. The van der Waals surface area contributed by atoms with E-state index in [9.17, 15) is 9.59 Å². The fourth-order valence-electron chi connectivity index (χ4n) is 4.20. The van der Waals surface area contributed by atoms with Gasteiger partial charge in [-0.25, -0.2) is 0 Å². The number of hydrogen-bond donors (Lipinski definition) is 2. The van der Waals surface area contributed by atoms with Gasteiger partial charge in [0.2, 0.25) is 11.8 Å². The Morgan fingerprint density at radius 3 is 2.71 bits per heavy atom. The van der Waals surface area contributed by atoms with Crippen LogP contribution >= 0.6 is 0 Å². The first-order valence-electron chi connectivity index (χ1n) is 9.07. The Hall–Kier alpha value is -1.85. The van der Waals surface area contributed by atoms with E-state index in [1.54, 1.807) is 6.20 Å². The van der Waals surface area contributed by atoms with Crippen LogP contribution in [0, 0.1) is 5.92 Å². The SMILES string of the molecule is CC(=O)NC1(C(=O)N2CCCC(c3ccn[nH]3)C2)CCC(C)CC1. The number of carbonyl (C=O) groups is 2. The molecule has 132 valence electrons. The largest absolute Gasteiger partial charge is 0.342 e. The molecular formula is C18H28N4O2. The van der Waals surface area contributed by atoms with Gasteiger partial charge in [0.1, 0.15) is 5.54 Å². The van der Waals surface area contributed by atoms with Crippen molar-refractivity contribution in [2.75, 3.05) is 13.1 Å². The van der Waals surface area contributed by atoms with E-state index in [1.165, 1.54) is 6.92 Å². The van der Waals surface area contributed by atoms with Crippen LogP contribution in [-0.4, -0.2) is 45.5 Å². The summed E-state index contributed by atoms with van der Waals surface area (Å²) >= 11 is 0. The predicted molar refractivity (Wildman–Crippen MR) is 91.3 cm³/mol. The lowest BCUT2D eigenvalue weighted by molar-refractivity contribution is -0.144. The molecule has 1 unspecified atom stereocenters. The van der Waals surface area contributed by atoms with Crippen LogP contribution in [0.5, 0.6) is 0 Å². The van der Waals surface area contributed by atoms with Gasteiger partial charge in [0.25, 0.3) is 0 Å². The van der Waals surface area contributed by atoms with Crippen molar-refractivity contribution >= 4 is 11.8 Å². The fourth-order valence-corrected chi connectivity index (χ4v) is 4.20. The number of carbonyl (C=O) groups excluding carboxylic acids is 2. The van der Waals surface area contributed by atoms with Crippen molar-refractivity contribution in [2.45, 2.75) is 63.8 Å². The van der Waals surface area contributed by atoms with Gasteiger partial charge in [-0.3, -0.25) is 14.7 Å². The number of rotatable bonds is 3. The van der Waals surface area contributed by atoms with Crippen LogP contribution in [-0.2, 0) is 9.59 Å². The Kier molecular flexibility index (Phi) is 4.92. The molecule has 0 aromatic carbocycles. The summed E-state index contributed by atoms with van der Waals surface area (Å²) in [4.78, 5) is 27.0. The fraction of sp³-hybridized carbons (Fsp3) is 0.722. The summed E-state index contributed by atoms with van der Waals surface area (Å²) < 4.78 is 0. The molecule has 1 aliphatic carbocycles. The maximum absolute atomic E-state index is 13.3. The molecule has 1 atom stereocenters. The molecule has 0 spiro atoms. The molecule has 2 heterocycles. The molecule has 6 nitrogen and oxygen atoms in total. The van der Waals surface area contributed by atoms with E-state index in [0.717, 1.165) is 50.8 Å². The summed E-state index contributed by atoms with van der Waals surface area (Å²) in [5, 5.41) is 10.1. The molecule has 2 N–H and O–H groups in total. The number of likely N-dealkylation sites (tertiary alicyclic amines) is 1. The molecule has 0 bridgehead atoms. The predicted octanol–water partition coefficient (Wildman–Crippen LogP) is 2.20. The molecule has 0 radical (unpaired) electrons. The highest BCUT2D eigenvalue weighted by Gasteiger charge is 2.45. The zero-order valence-electron chi connectivity index (χ0n) is 14.7. The maximum atomic E-state index is 13.3. The van der Waals surface area contributed by atoms with Crippen molar-refractivity contribution in [3.63, 3.8) is 0 Å². The van der Waals surface area contributed by atoms with Gasteiger partial charge in [0, 0.05) is 37.8 Å². The third-order valence-electron chi connectivity index (χ3n) is 5.62. The van der Waals surface area contributed by atoms with Crippen LogP contribution in [0.2, 0.25) is 0 Å². The van der Waals surface area contributed by atoms with Crippen molar-refractivity contribution in [1.29, 1.82) is 0 Å². The molecule has 1 aliphatic heterocycles. The number of aromatic amines is 1. The summed E-state index contributed by atoms with van der Waals surface area (Å²) in [6, 6.07) is 1.99. The second-order valence-electron chi connectivity index (χ2n) is 7.55. The van der Waals surface area contributed by atoms with Crippen molar-refractivity contribution < 1.29 is 9.59 Å². The smallest absolute Gasteiger partial charge is 0.248 e. The van der Waals surface area contributed by atoms with Crippen LogP contribution in [0.4, 0.5) is 0 Å². The van der Waals surface area contributed by atoms with Crippen molar-refractivity contribution in [3.8, 4) is 0 Å². The third kappa shape index (κ3) is 3.47. The number of piperidine rings is 1. The highest BCUT2D eigenvalue weighted by molar-refractivity contribution is 5.91. The molecule has 2 amide bonds. The monoisotopic (exact) mass is 332 g/mol. The van der Waals surface area contributed by atoms with Crippen LogP contribution in [0.25, 0.3) is 0 Å². The lowest BCUT2D eigenvalue weighted by atomic mass is 9.75. The molecule has 3 rings (SSSR count). The van der Waals surface area contributed by atoms with Crippen LogP contribution in [0.3, 0.4) is 0 Å². The van der Waals surface area contributed by atoms with E-state index in [1.807, 2.05) is 11.0 Å². The number of nitrogens with zero attached hydrogens (tertiary/aromatic N) is 2. The van der Waals surface area contributed by atoms with Gasteiger partial charge in [0.15, 0.2) is 0 Å². The minimum absolute atomic E-state index is 0.105. The van der Waals surface area contributed by atoms with Gasteiger partial charge in [-0.2, -0.15) is 5.10 Å². The maximum Gasteiger partial charge on any atom is 0.248 e. The molecular weight excluding hydrogens is 304 g/mol. The molecule has 1 aromatic rings. The summed E-state index contributed by atoms with van der Waals surface area (Å²) in [7, 11) is 0. The normalized spacial score (nSPS) is 30.8. The first-order chi connectivity index (χ1) is 11.5. The Morgan fingerprint density at radius 2 is 2.08 bits per heavy atom. The second kappa shape index (κ2) is 6.95. The van der Waals surface area contributed by atoms with Crippen molar-refractivity contribution in [1.82, 2.24) is 20.4 Å². The molecule has 2 aliphatic rings. The van der Waals surface area contributed by atoms with Gasteiger partial charge in [-0.15, -0.1) is 0 Å². The second-order valence-corrected chi connectivity index (χ2v) is 7.55. The first kappa shape index (κ1) is 17.0. The van der Waals surface area contributed by atoms with Crippen LogP contribution in [0.15, 0.2) is 12.3 Å². The summed E-state index contributed by atoms with van der Waals surface area (Å²) in [5.41, 5.74) is 0.396. The van der Waals surface area contributed by atoms with Gasteiger partial charge < -0.3 is 10.2 Å². The standard InChI is InChI=1S/C18H28N4O2/c1-13-5-8-18(9-6-13,20-14(2)23)17(24)22-11-3-4-15(12-22)16-7-10-19-21-16/h7,10,13,15H,3-6,8-9,11-12H2,1-2H3,(H,19,21)(H,20,23). The molecule has 2 fully saturated rings. The zero-order valence-corrected chi connectivity index (χ0v) is 14.7. The molecule has 1 aromatic heterocycles. The van der Waals surface area contributed by atoms with E-state index in [4.69, 9.17) is 0 Å².